The second kappa shape index (κ2) is 27.7. The molecule has 0 unspecified atom stereocenters. The fraction of sp³-hybridized carbons (Fsp3) is 0. The van der Waals surface area contributed by atoms with Crippen molar-refractivity contribution in [3.8, 4) is 67.0 Å². The van der Waals surface area contributed by atoms with Gasteiger partial charge in [-0.1, -0.05) is 273 Å². The molecular formula is C103H69N5S. The first-order valence-corrected chi connectivity index (χ1v) is 37.9. The summed E-state index contributed by atoms with van der Waals surface area (Å²) < 4.78 is 7.44. The van der Waals surface area contributed by atoms with Gasteiger partial charge in [-0.05, 0) is 200 Å². The van der Waals surface area contributed by atoms with E-state index in [4.69, 9.17) is 0 Å². The van der Waals surface area contributed by atoms with Crippen LogP contribution in [0.1, 0.15) is 0 Å². The summed E-state index contributed by atoms with van der Waals surface area (Å²) in [7, 11) is 0. The van der Waals surface area contributed by atoms with E-state index in [1.807, 2.05) is 29.8 Å². The number of benzene rings is 17. The van der Waals surface area contributed by atoms with Crippen molar-refractivity contribution in [1.29, 1.82) is 0 Å². The van der Waals surface area contributed by atoms with Gasteiger partial charge in [0.15, 0.2) is 0 Å². The predicted molar refractivity (Wildman–Crippen MR) is 464 cm³/mol. The number of anilines is 6. The van der Waals surface area contributed by atoms with Crippen molar-refractivity contribution < 1.29 is 0 Å². The number of fused-ring (bicyclic) bond motifs is 13. The lowest BCUT2D eigenvalue weighted by Gasteiger charge is -2.26. The third kappa shape index (κ3) is 11.8. The Bertz CT molecular complexity index is 6930. The molecule has 0 saturated heterocycles. The molecule has 0 bridgehead atoms. The minimum atomic E-state index is 1.01. The van der Waals surface area contributed by atoms with E-state index in [2.05, 4.69) is 424 Å². The van der Waals surface area contributed by atoms with Gasteiger partial charge in [0.1, 0.15) is 0 Å². The van der Waals surface area contributed by atoms with Gasteiger partial charge in [0.05, 0.1) is 34.0 Å². The lowest BCUT2D eigenvalue weighted by Crippen LogP contribution is -2.10. The molecule has 0 N–H and O–H groups in total. The Morgan fingerprint density at radius 1 is 0.220 bits per heavy atom. The van der Waals surface area contributed by atoms with Crippen LogP contribution in [0.4, 0.5) is 34.1 Å². The average molecular weight is 1410 g/mol. The lowest BCUT2D eigenvalue weighted by molar-refractivity contribution is 1.18. The highest BCUT2D eigenvalue weighted by molar-refractivity contribution is 7.25. The molecule has 0 radical (unpaired) electrons. The molecular weight excluding hydrogens is 1340 g/mol. The molecule has 0 amide bonds. The quantitative estimate of drug-likeness (QED) is 0.115. The Balaban J connectivity index is 0.000000145. The second-order valence-electron chi connectivity index (χ2n) is 27.8. The molecule has 4 heterocycles. The third-order valence-corrected chi connectivity index (χ3v) is 22.5. The van der Waals surface area contributed by atoms with Crippen molar-refractivity contribution in [1.82, 2.24) is 14.1 Å². The van der Waals surface area contributed by atoms with Crippen LogP contribution in [-0.4, -0.2) is 14.1 Å². The first-order chi connectivity index (χ1) is 54.1. The summed E-state index contributed by atoms with van der Waals surface area (Å²) in [6.07, 6.45) is 3.74. The fourth-order valence-corrected chi connectivity index (χ4v) is 17.4. The monoisotopic (exact) mass is 1410 g/mol. The van der Waals surface area contributed by atoms with Crippen LogP contribution < -0.4 is 9.80 Å². The molecule has 0 saturated carbocycles. The minimum Gasteiger partial charge on any atom is -0.310 e. The molecule has 0 atom stereocenters. The number of aromatic nitrogens is 3. The van der Waals surface area contributed by atoms with Crippen LogP contribution in [0.25, 0.3) is 152 Å². The molecule has 21 rings (SSSR count). The summed E-state index contributed by atoms with van der Waals surface area (Å²) >= 11 is 1.86. The fourth-order valence-electron chi connectivity index (χ4n) is 16.3. The van der Waals surface area contributed by atoms with Gasteiger partial charge >= 0.3 is 0 Å². The molecule has 0 fully saturated rings. The zero-order chi connectivity index (χ0) is 72.1. The summed E-state index contributed by atoms with van der Waals surface area (Å²) in [5.74, 6) is 0. The van der Waals surface area contributed by atoms with Crippen LogP contribution >= 0.6 is 11.3 Å². The summed E-state index contributed by atoms with van der Waals surface area (Å²) in [5, 5.41) is 12.6. The van der Waals surface area contributed by atoms with Crippen molar-refractivity contribution in [2.75, 3.05) is 9.80 Å². The second-order valence-corrected chi connectivity index (χ2v) is 28.9. The number of para-hydroxylation sites is 3. The molecule has 17 aromatic carbocycles. The molecule has 21 aromatic rings. The Labute approximate surface area is 636 Å². The van der Waals surface area contributed by atoms with Gasteiger partial charge in [0.2, 0.25) is 0 Å². The van der Waals surface area contributed by atoms with E-state index < -0.39 is 0 Å². The predicted octanol–water partition coefficient (Wildman–Crippen LogP) is 28.9. The highest BCUT2D eigenvalue weighted by atomic mass is 32.1. The van der Waals surface area contributed by atoms with Crippen LogP contribution in [0.5, 0.6) is 0 Å². The minimum absolute atomic E-state index is 1.01. The van der Waals surface area contributed by atoms with Crippen molar-refractivity contribution in [2.24, 2.45) is 0 Å². The number of pyridine rings is 1. The van der Waals surface area contributed by atoms with E-state index in [1.54, 1.807) is 0 Å². The molecule has 4 aromatic heterocycles. The normalized spacial score (nSPS) is 11.5. The summed E-state index contributed by atoms with van der Waals surface area (Å²) in [5.41, 5.74) is 25.7. The molecule has 0 aliphatic heterocycles. The first-order valence-electron chi connectivity index (χ1n) is 37.1. The van der Waals surface area contributed by atoms with E-state index in [9.17, 15) is 0 Å². The van der Waals surface area contributed by atoms with E-state index in [0.717, 1.165) is 45.4 Å². The van der Waals surface area contributed by atoms with Crippen molar-refractivity contribution >= 4 is 131 Å². The van der Waals surface area contributed by atoms with E-state index in [0.29, 0.717) is 0 Å². The zero-order valence-corrected chi connectivity index (χ0v) is 60.3. The van der Waals surface area contributed by atoms with Gasteiger partial charge in [-0.25, -0.2) is 0 Å². The van der Waals surface area contributed by atoms with E-state index in [-0.39, 0.29) is 0 Å². The maximum Gasteiger partial charge on any atom is 0.0644 e. The van der Waals surface area contributed by atoms with Gasteiger partial charge in [-0.2, -0.15) is 0 Å². The highest BCUT2D eigenvalue weighted by Crippen LogP contribution is 2.47. The van der Waals surface area contributed by atoms with Gasteiger partial charge in [-0.15, -0.1) is 11.3 Å². The number of nitrogens with zero attached hydrogens (tertiary/aromatic N) is 5. The van der Waals surface area contributed by atoms with Gasteiger partial charge in [-0.3, -0.25) is 4.98 Å². The van der Waals surface area contributed by atoms with Crippen molar-refractivity contribution in [3.63, 3.8) is 0 Å². The smallest absolute Gasteiger partial charge is 0.0644 e. The number of thiophene rings is 1. The topological polar surface area (TPSA) is 29.2 Å². The molecule has 6 heteroatoms. The standard InChI is InChI=1S/C56H36N2S.C47H33N3/c1-3-13-37(14-4-1)38-23-28-42(29-24-38)57(44-32-34-48-47-20-11-12-22-53(47)59-54(48)35-44)43-30-25-40(26-31-43)51-36-52-50-33-27-39-15-7-8-18-45(39)55(50)58(41-16-5-2-6-17-41)56(52)49-21-10-9-19-46(49)51;1-3-12-34(13-4-1)35-23-26-41(27-24-35)49(43-20-11-29-48-33-43)42-19-10-16-38(31-42)36-14-9-15-37(30-36)39-25-28-47-45(32-39)44-21-7-8-22-46(44)50(47)40-17-5-2-6-18-40/h1-36H;1-33H. The molecule has 0 aliphatic carbocycles. The third-order valence-electron chi connectivity index (χ3n) is 21.4. The van der Waals surface area contributed by atoms with Gasteiger partial charge in [0, 0.05) is 98.5 Å². The maximum absolute atomic E-state index is 4.46. The van der Waals surface area contributed by atoms with Crippen LogP contribution in [0.3, 0.4) is 0 Å². The Kier molecular flexibility index (Phi) is 16.4. The molecule has 109 heavy (non-hydrogen) atoms. The lowest BCUT2D eigenvalue weighted by atomic mass is 9.94. The average Bonchev–Trinajstić information content (AvgIpc) is 1.56. The molecule has 0 spiro atoms. The van der Waals surface area contributed by atoms with Crippen molar-refractivity contribution in [3.05, 3.63) is 419 Å². The van der Waals surface area contributed by atoms with Gasteiger partial charge in [0.25, 0.3) is 0 Å². The van der Waals surface area contributed by atoms with Crippen LogP contribution in [0, 0.1) is 0 Å². The highest BCUT2D eigenvalue weighted by Gasteiger charge is 2.23. The summed E-state index contributed by atoms with van der Waals surface area (Å²) in [4.78, 5) is 9.12. The zero-order valence-electron chi connectivity index (χ0n) is 59.5. The maximum atomic E-state index is 4.46. The molecule has 5 nitrogen and oxygen atoms in total. The SMILES string of the molecule is c1ccc(-c2ccc(N(c3ccc(-c4cc5c6ccc7ccccc7c6n(-c6ccccc6)c5c5ccccc45)cc3)c3ccc4c(c3)sc3ccccc34)cc2)cc1.c1ccc(-c2ccc(N(c3cccnc3)c3cccc(-c4cccc(-c5ccc6c(c5)c5ccccc5n6-c5ccccc5)c4)c3)cc2)cc1. The number of hydrogen-bond acceptors (Lipinski definition) is 4. The van der Waals surface area contributed by atoms with E-state index in [1.165, 1.54) is 141 Å². The number of hydrogen-bond donors (Lipinski definition) is 0. The van der Waals surface area contributed by atoms with Crippen LogP contribution in [-0.2, 0) is 0 Å². The molecule has 0 aliphatic rings. The first kappa shape index (κ1) is 64.4. The molecule has 512 valence electrons. The van der Waals surface area contributed by atoms with Crippen LogP contribution in [0.2, 0.25) is 0 Å². The Morgan fingerprint density at radius 2 is 0.661 bits per heavy atom. The van der Waals surface area contributed by atoms with Crippen molar-refractivity contribution in [2.45, 2.75) is 0 Å². The summed E-state index contributed by atoms with van der Waals surface area (Å²) in [6, 6.07) is 147. The Morgan fingerprint density at radius 3 is 1.32 bits per heavy atom. The van der Waals surface area contributed by atoms with Crippen LogP contribution in [0.15, 0.2) is 419 Å². The Hall–Kier alpha value is -14.2. The summed E-state index contributed by atoms with van der Waals surface area (Å²) in [6.45, 7) is 0. The largest absolute Gasteiger partial charge is 0.310 e. The number of rotatable bonds is 13. The van der Waals surface area contributed by atoms with Gasteiger partial charge < -0.3 is 18.9 Å². The van der Waals surface area contributed by atoms with E-state index >= 15 is 0 Å².